The van der Waals surface area contributed by atoms with Crippen molar-refractivity contribution in [2.24, 2.45) is 5.10 Å². The molecule has 3 aromatic rings. The summed E-state index contributed by atoms with van der Waals surface area (Å²) in [5.74, 6) is -0.413. The lowest BCUT2D eigenvalue weighted by Crippen LogP contribution is -2.34. The van der Waals surface area contributed by atoms with Crippen LogP contribution >= 0.6 is 11.3 Å². The summed E-state index contributed by atoms with van der Waals surface area (Å²) in [5, 5.41) is 7.45. The van der Waals surface area contributed by atoms with Crippen molar-refractivity contribution >= 4 is 38.8 Å². The summed E-state index contributed by atoms with van der Waals surface area (Å²) in [7, 11) is 0. The summed E-state index contributed by atoms with van der Waals surface area (Å²) in [6.07, 6.45) is 1.25. The number of ether oxygens (including phenoxy) is 1. The summed E-state index contributed by atoms with van der Waals surface area (Å²) >= 11 is 1.44. The summed E-state index contributed by atoms with van der Waals surface area (Å²) in [5.41, 5.74) is 3.54. The maximum atomic E-state index is 12.4. The predicted octanol–water partition coefficient (Wildman–Crippen LogP) is 3.85. The first kappa shape index (κ1) is 18.7. The number of alkyl halides is 2. The molecule has 140 valence electrons. The largest absolute Gasteiger partial charge is 0.434 e. The van der Waals surface area contributed by atoms with Gasteiger partial charge in [0.2, 0.25) is 0 Å². The molecule has 0 aliphatic carbocycles. The Balaban J connectivity index is 1.59. The highest BCUT2D eigenvalue weighted by atomic mass is 32.1. The Morgan fingerprint density at radius 3 is 2.74 bits per heavy atom. The highest BCUT2D eigenvalue weighted by molar-refractivity contribution is 7.22. The lowest BCUT2D eigenvalue weighted by molar-refractivity contribution is -0.121. The van der Waals surface area contributed by atoms with Crippen LogP contribution in [0.1, 0.15) is 12.5 Å². The van der Waals surface area contributed by atoms with Gasteiger partial charge >= 0.3 is 6.61 Å². The number of para-hydroxylation sites is 2. The van der Waals surface area contributed by atoms with Gasteiger partial charge in [0.25, 0.3) is 5.91 Å². The molecule has 0 unspecified atom stereocenters. The van der Waals surface area contributed by atoms with E-state index in [0.29, 0.717) is 10.7 Å². The number of hydrazone groups is 1. The molecule has 9 heteroatoms. The van der Waals surface area contributed by atoms with Gasteiger partial charge in [-0.15, -0.1) is 0 Å². The van der Waals surface area contributed by atoms with Crippen molar-refractivity contribution in [3.05, 3.63) is 54.1 Å². The van der Waals surface area contributed by atoms with E-state index in [1.165, 1.54) is 23.6 Å². The fourth-order valence-electron chi connectivity index (χ4n) is 2.24. The minimum atomic E-state index is -2.94. The average molecular weight is 390 g/mol. The average Bonchev–Trinajstić information content (AvgIpc) is 3.04. The van der Waals surface area contributed by atoms with Gasteiger partial charge in [0.1, 0.15) is 11.8 Å². The highest BCUT2D eigenvalue weighted by Gasteiger charge is 2.14. The van der Waals surface area contributed by atoms with Crippen LogP contribution in [0.5, 0.6) is 5.75 Å². The topological polar surface area (TPSA) is 75.6 Å². The zero-order valence-corrected chi connectivity index (χ0v) is 15.0. The van der Waals surface area contributed by atoms with Crippen LogP contribution in [0.25, 0.3) is 10.2 Å². The quantitative estimate of drug-likeness (QED) is 0.475. The Kier molecular flexibility index (Phi) is 5.92. The molecule has 2 aromatic carbocycles. The van der Waals surface area contributed by atoms with Gasteiger partial charge in [-0.2, -0.15) is 13.9 Å². The number of benzene rings is 2. The minimum absolute atomic E-state index is 0.0221. The number of amides is 1. The number of aromatic nitrogens is 1. The third kappa shape index (κ3) is 4.98. The SMILES string of the molecule is C[C@@H](Nc1nc2ccccc2s1)C(=O)N/N=C\c1ccccc1OC(F)F. The molecular formula is C18H16F2N4O2S. The Morgan fingerprint density at radius 2 is 1.96 bits per heavy atom. The summed E-state index contributed by atoms with van der Waals surface area (Å²) in [4.78, 5) is 16.6. The van der Waals surface area contributed by atoms with Crippen molar-refractivity contribution in [1.82, 2.24) is 10.4 Å². The number of hydrogen-bond acceptors (Lipinski definition) is 6. The third-order valence-electron chi connectivity index (χ3n) is 3.54. The summed E-state index contributed by atoms with van der Waals surface area (Å²) in [6, 6.07) is 13.2. The monoisotopic (exact) mass is 390 g/mol. The van der Waals surface area contributed by atoms with Crippen LogP contribution in [0, 0.1) is 0 Å². The number of fused-ring (bicyclic) bond motifs is 1. The molecule has 27 heavy (non-hydrogen) atoms. The molecule has 0 bridgehead atoms. The molecule has 0 aliphatic rings. The maximum absolute atomic E-state index is 12.4. The van der Waals surface area contributed by atoms with E-state index in [1.54, 1.807) is 25.1 Å². The fraction of sp³-hybridized carbons (Fsp3) is 0.167. The number of anilines is 1. The number of carbonyl (C=O) groups is 1. The van der Waals surface area contributed by atoms with Gasteiger partial charge in [-0.05, 0) is 31.2 Å². The van der Waals surface area contributed by atoms with E-state index in [9.17, 15) is 13.6 Å². The molecule has 2 N–H and O–H groups in total. The first-order valence-electron chi connectivity index (χ1n) is 8.02. The predicted molar refractivity (Wildman–Crippen MR) is 102 cm³/mol. The summed E-state index contributed by atoms with van der Waals surface area (Å²) < 4.78 is 30.2. The zero-order valence-electron chi connectivity index (χ0n) is 14.2. The number of halogens is 2. The molecule has 3 rings (SSSR count). The van der Waals surface area contributed by atoms with Gasteiger partial charge in [0, 0.05) is 5.56 Å². The molecule has 1 atom stereocenters. The second-order valence-corrected chi connectivity index (χ2v) is 6.53. The summed E-state index contributed by atoms with van der Waals surface area (Å²) in [6.45, 7) is -1.27. The lowest BCUT2D eigenvalue weighted by Gasteiger charge is -2.10. The Bertz CT molecular complexity index is 928. The molecule has 6 nitrogen and oxygen atoms in total. The molecule has 0 saturated heterocycles. The van der Waals surface area contributed by atoms with Gasteiger partial charge in [-0.3, -0.25) is 4.79 Å². The van der Waals surface area contributed by atoms with Gasteiger partial charge in [-0.1, -0.05) is 35.6 Å². The maximum Gasteiger partial charge on any atom is 0.387 e. The van der Waals surface area contributed by atoms with Crippen molar-refractivity contribution < 1.29 is 18.3 Å². The van der Waals surface area contributed by atoms with Crippen LogP contribution < -0.4 is 15.5 Å². The van der Waals surface area contributed by atoms with E-state index in [2.05, 4.69) is 25.6 Å². The van der Waals surface area contributed by atoms with Gasteiger partial charge < -0.3 is 10.1 Å². The van der Waals surface area contributed by atoms with E-state index in [1.807, 2.05) is 24.3 Å². The van der Waals surface area contributed by atoms with Crippen LogP contribution in [0.3, 0.4) is 0 Å². The van der Waals surface area contributed by atoms with Gasteiger partial charge in [0.15, 0.2) is 5.13 Å². The number of thiazole rings is 1. The van der Waals surface area contributed by atoms with Crippen molar-refractivity contribution in [2.45, 2.75) is 19.6 Å². The number of carbonyl (C=O) groups excluding carboxylic acids is 1. The van der Waals surface area contributed by atoms with E-state index < -0.39 is 18.6 Å². The van der Waals surface area contributed by atoms with E-state index in [4.69, 9.17) is 0 Å². The fourth-order valence-corrected chi connectivity index (χ4v) is 3.19. The second-order valence-electron chi connectivity index (χ2n) is 5.50. The van der Waals surface area contributed by atoms with Crippen molar-refractivity contribution in [2.75, 3.05) is 5.32 Å². The normalized spacial score (nSPS) is 12.4. The van der Waals surface area contributed by atoms with Crippen LogP contribution in [0.15, 0.2) is 53.6 Å². The lowest BCUT2D eigenvalue weighted by atomic mass is 10.2. The van der Waals surface area contributed by atoms with E-state index in [-0.39, 0.29) is 5.75 Å². The molecule has 0 aliphatic heterocycles. The van der Waals surface area contributed by atoms with Crippen LogP contribution in [0.2, 0.25) is 0 Å². The van der Waals surface area contributed by atoms with Crippen molar-refractivity contribution in [1.29, 1.82) is 0 Å². The molecule has 1 amide bonds. The first-order chi connectivity index (χ1) is 13.0. The number of nitrogens with zero attached hydrogens (tertiary/aromatic N) is 2. The molecular weight excluding hydrogens is 374 g/mol. The van der Waals surface area contributed by atoms with Crippen molar-refractivity contribution in [3.8, 4) is 5.75 Å². The minimum Gasteiger partial charge on any atom is -0.434 e. The van der Waals surface area contributed by atoms with Crippen LogP contribution in [0.4, 0.5) is 13.9 Å². The molecule has 0 saturated carbocycles. The third-order valence-corrected chi connectivity index (χ3v) is 4.51. The Labute approximate surface area is 157 Å². The standard InChI is InChI=1S/C18H16F2N4O2S/c1-11(22-18-23-13-7-3-5-9-15(13)27-18)16(25)24-21-10-12-6-2-4-8-14(12)26-17(19)20/h2-11,17H,1H3,(H,22,23)(H,24,25)/b21-10-/t11-/m1/s1. The zero-order chi connectivity index (χ0) is 19.2. The van der Waals surface area contributed by atoms with Crippen molar-refractivity contribution in [3.63, 3.8) is 0 Å². The van der Waals surface area contributed by atoms with Gasteiger partial charge in [0.05, 0.1) is 16.4 Å². The molecule has 0 spiro atoms. The Hall–Kier alpha value is -3.07. The molecule has 1 aromatic heterocycles. The Morgan fingerprint density at radius 1 is 1.22 bits per heavy atom. The highest BCUT2D eigenvalue weighted by Crippen LogP contribution is 2.25. The number of nitrogens with one attached hydrogen (secondary N) is 2. The molecule has 1 heterocycles. The molecule has 0 radical (unpaired) electrons. The smallest absolute Gasteiger partial charge is 0.387 e. The second kappa shape index (κ2) is 8.54. The van der Waals surface area contributed by atoms with Gasteiger partial charge in [-0.25, -0.2) is 10.4 Å². The van der Waals surface area contributed by atoms with E-state index >= 15 is 0 Å². The first-order valence-corrected chi connectivity index (χ1v) is 8.83. The number of hydrogen-bond donors (Lipinski definition) is 2. The number of rotatable bonds is 7. The van der Waals surface area contributed by atoms with Crippen LogP contribution in [-0.4, -0.2) is 29.8 Å². The van der Waals surface area contributed by atoms with Crippen LogP contribution in [-0.2, 0) is 4.79 Å². The van der Waals surface area contributed by atoms with E-state index in [0.717, 1.165) is 10.2 Å². The molecule has 0 fully saturated rings.